The van der Waals surface area contributed by atoms with Gasteiger partial charge >= 0.3 is 0 Å². The van der Waals surface area contributed by atoms with Gasteiger partial charge in [0.15, 0.2) is 0 Å². The van der Waals surface area contributed by atoms with Crippen molar-refractivity contribution in [2.45, 2.75) is 197 Å². The molecule has 0 amide bonds. The molecule has 4 rings (SSSR count). The summed E-state index contributed by atoms with van der Waals surface area (Å²) in [6, 6.07) is 13.6. The number of hydrogen-bond acceptors (Lipinski definition) is 3. The summed E-state index contributed by atoms with van der Waals surface area (Å²) < 4.78 is 0. The SMILES string of the molecule is CC1=CC(C)C(Cc2cc(C(C)(C)C)c(O)c(C(C)(C)C)c2)(Cc2cc(C(C)(C)C)c(O)c(C(C)(C)C)c2)C(C)=C1Cc1cc(C(C)(C)C)c(O)c(C(C)(C)C)c1. The average molecular weight is 777 g/mol. The molecule has 0 bridgehead atoms. The lowest BCUT2D eigenvalue weighted by Gasteiger charge is -2.45. The van der Waals surface area contributed by atoms with Crippen molar-refractivity contribution in [1.29, 1.82) is 0 Å². The number of allylic oxidation sites excluding steroid dienone is 4. The van der Waals surface area contributed by atoms with Gasteiger partial charge in [-0.3, -0.25) is 0 Å². The van der Waals surface area contributed by atoms with Crippen LogP contribution in [0.4, 0.5) is 0 Å². The van der Waals surface area contributed by atoms with Crippen LogP contribution in [0.25, 0.3) is 0 Å². The second-order valence-electron chi connectivity index (χ2n) is 24.0. The van der Waals surface area contributed by atoms with Crippen LogP contribution in [0.3, 0.4) is 0 Å². The van der Waals surface area contributed by atoms with Crippen LogP contribution in [0, 0.1) is 11.3 Å². The summed E-state index contributed by atoms with van der Waals surface area (Å²) >= 11 is 0. The highest BCUT2D eigenvalue weighted by Gasteiger charge is 2.43. The number of rotatable bonds is 6. The summed E-state index contributed by atoms with van der Waals surface area (Å²) in [5.74, 6) is 1.43. The molecule has 1 aliphatic carbocycles. The maximum Gasteiger partial charge on any atom is 0.123 e. The van der Waals surface area contributed by atoms with Crippen molar-refractivity contribution in [3.05, 3.63) is 109 Å². The molecule has 0 aliphatic heterocycles. The van der Waals surface area contributed by atoms with E-state index in [1.807, 2.05) is 0 Å². The second kappa shape index (κ2) is 15.0. The average Bonchev–Trinajstić information content (AvgIpc) is 3.00. The first kappa shape index (κ1) is 46.2. The van der Waals surface area contributed by atoms with E-state index in [1.54, 1.807) is 0 Å². The van der Waals surface area contributed by atoms with Crippen molar-refractivity contribution < 1.29 is 15.3 Å². The summed E-state index contributed by atoms with van der Waals surface area (Å²) in [5.41, 5.74) is 12.0. The van der Waals surface area contributed by atoms with E-state index >= 15 is 0 Å². The van der Waals surface area contributed by atoms with Gasteiger partial charge in [-0.25, -0.2) is 0 Å². The minimum Gasteiger partial charge on any atom is -0.507 e. The third kappa shape index (κ3) is 9.55. The van der Waals surface area contributed by atoms with E-state index in [2.05, 4.69) is 188 Å². The molecule has 3 aromatic rings. The van der Waals surface area contributed by atoms with Gasteiger partial charge in [0.05, 0.1) is 0 Å². The molecule has 0 spiro atoms. The Morgan fingerprint density at radius 3 is 0.930 bits per heavy atom. The number of hydrogen-bond donors (Lipinski definition) is 3. The van der Waals surface area contributed by atoms with Crippen LogP contribution in [0.1, 0.15) is 195 Å². The summed E-state index contributed by atoms with van der Waals surface area (Å²) in [5, 5.41) is 35.2. The van der Waals surface area contributed by atoms with E-state index in [0.717, 1.165) is 52.6 Å². The highest BCUT2D eigenvalue weighted by atomic mass is 16.3. The van der Waals surface area contributed by atoms with Gasteiger partial charge in [-0.05, 0) is 127 Å². The fourth-order valence-electron chi connectivity index (χ4n) is 9.25. The zero-order chi connectivity index (χ0) is 43.8. The first-order valence-electron chi connectivity index (χ1n) is 21.5. The molecule has 0 radical (unpaired) electrons. The Labute approximate surface area is 349 Å². The van der Waals surface area contributed by atoms with E-state index in [-0.39, 0.29) is 43.8 Å². The third-order valence-electron chi connectivity index (χ3n) is 12.8. The van der Waals surface area contributed by atoms with E-state index in [4.69, 9.17) is 0 Å². The summed E-state index contributed by atoms with van der Waals surface area (Å²) in [6.45, 7) is 46.5. The maximum atomic E-state index is 11.8. The molecule has 3 N–H and O–H groups in total. The van der Waals surface area contributed by atoms with E-state index in [9.17, 15) is 15.3 Å². The first-order chi connectivity index (χ1) is 25.5. The number of benzene rings is 3. The van der Waals surface area contributed by atoms with Crippen LogP contribution in [0.15, 0.2) is 59.2 Å². The Bertz CT molecular complexity index is 1870. The molecule has 3 nitrogen and oxygen atoms in total. The minimum absolute atomic E-state index is 0.200. The fourth-order valence-corrected chi connectivity index (χ4v) is 9.25. The zero-order valence-electron chi connectivity index (χ0n) is 40.1. The number of phenolic OH excluding ortho intramolecular Hbond substituents is 3. The lowest BCUT2D eigenvalue weighted by Crippen LogP contribution is -2.38. The highest BCUT2D eigenvalue weighted by Crippen LogP contribution is 2.52. The van der Waals surface area contributed by atoms with Gasteiger partial charge in [0, 0.05) is 5.41 Å². The molecule has 0 fully saturated rings. The van der Waals surface area contributed by atoms with Crippen molar-refractivity contribution in [3.8, 4) is 17.2 Å². The lowest BCUT2D eigenvalue weighted by atomic mass is 9.59. The Morgan fingerprint density at radius 2 is 0.684 bits per heavy atom. The quantitative estimate of drug-likeness (QED) is 0.234. The highest BCUT2D eigenvalue weighted by molar-refractivity contribution is 5.56. The number of phenols is 3. The lowest BCUT2D eigenvalue weighted by molar-refractivity contribution is 0.256. The molecule has 1 atom stereocenters. The Balaban J connectivity index is 2.12. The van der Waals surface area contributed by atoms with Gasteiger partial charge in [-0.1, -0.05) is 185 Å². The topological polar surface area (TPSA) is 60.7 Å². The van der Waals surface area contributed by atoms with E-state index < -0.39 is 0 Å². The fraction of sp³-hybridized carbons (Fsp3) is 0.593. The summed E-state index contributed by atoms with van der Waals surface area (Å²) in [4.78, 5) is 0. The molecule has 3 aromatic carbocycles. The van der Waals surface area contributed by atoms with Crippen LogP contribution in [-0.4, -0.2) is 15.3 Å². The first-order valence-corrected chi connectivity index (χ1v) is 21.5. The van der Waals surface area contributed by atoms with Crippen LogP contribution in [0.5, 0.6) is 17.2 Å². The Hall–Kier alpha value is -3.46. The molecule has 1 aliphatic rings. The predicted molar refractivity (Wildman–Crippen MR) is 246 cm³/mol. The Kier molecular flexibility index (Phi) is 12.1. The summed E-state index contributed by atoms with van der Waals surface area (Å²) in [6.07, 6.45) is 4.86. The van der Waals surface area contributed by atoms with Crippen molar-refractivity contribution in [3.63, 3.8) is 0 Å². The minimum atomic E-state index is -0.311. The molecule has 0 heterocycles. The Morgan fingerprint density at radius 1 is 0.439 bits per heavy atom. The van der Waals surface area contributed by atoms with Gasteiger partial charge in [0.1, 0.15) is 17.2 Å². The molecule has 314 valence electrons. The second-order valence-corrected chi connectivity index (χ2v) is 24.0. The molecular weight excluding hydrogens is 697 g/mol. The van der Waals surface area contributed by atoms with Gasteiger partial charge in [0.2, 0.25) is 0 Å². The smallest absolute Gasteiger partial charge is 0.123 e. The molecule has 0 aromatic heterocycles. The molecule has 3 heteroatoms. The third-order valence-corrected chi connectivity index (χ3v) is 12.8. The van der Waals surface area contributed by atoms with Crippen LogP contribution in [0.2, 0.25) is 0 Å². The largest absolute Gasteiger partial charge is 0.507 e. The summed E-state index contributed by atoms with van der Waals surface area (Å²) in [7, 11) is 0. The molecule has 0 saturated carbocycles. The maximum absolute atomic E-state index is 11.8. The standard InChI is InChI=1S/C54H80O3/c1-32-22-33(2)54(30-36-26-41(50(10,11)12)46(56)42(27-36)51(13,14)15,31-37-28-43(52(16,17)18)47(57)44(29-37)53(19,20)21)34(3)38(32)23-35-24-39(48(4,5)6)45(55)40(25-35)49(7,8)9/h22,24-29,33,55-57H,23,30-31H2,1-21H3. The zero-order valence-corrected chi connectivity index (χ0v) is 40.1. The van der Waals surface area contributed by atoms with Gasteiger partial charge in [0.25, 0.3) is 0 Å². The van der Waals surface area contributed by atoms with Gasteiger partial charge < -0.3 is 15.3 Å². The van der Waals surface area contributed by atoms with Crippen molar-refractivity contribution >= 4 is 0 Å². The molecule has 57 heavy (non-hydrogen) atoms. The molecule has 0 saturated heterocycles. The van der Waals surface area contributed by atoms with E-state index in [1.165, 1.54) is 33.4 Å². The van der Waals surface area contributed by atoms with E-state index in [0.29, 0.717) is 17.2 Å². The molecular formula is C54H80O3. The number of aromatic hydroxyl groups is 3. The van der Waals surface area contributed by atoms with Crippen LogP contribution < -0.4 is 0 Å². The monoisotopic (exact) mass is 777 g/mol. The van der Waals surface area contributed by atoms with Crippen molar-refractivity contribution in [1.82, 2.24) is 0 Å². The van der Waals surface area contributed by atoms with Gasteiger partial charge in [-0.2, -0.15) is 0 Å². The normalized spacial score (nSPS) is 17.3. The predicted octanol–water partition coefficient (Wildman–Crippen LogP) is 14.5. The van der Waals surface area contributed by atoms with Crippen molar-refractivity contribution in [2.24, 2.45) is 11.3 Å². The van der Waals surface area contributed by atoms with Gasteiger partial charge in [-0.15, -0.1) is 0 Å². The van der Waals surface area contributed by atoms with Crippen LogP contribution >= 0.6 is 0 Å². The molecule has 1 unspecified atom stereocenters. The van der Waals surface area contributed by atoms with Crippen LogP contribution in [-0.2, 0) is 51.8 Å². The van der Waals surface area contributed by atoms with Crippen molar-refractivity contribution in [2.75, 3.05) is 0 Å².